The van der Waals surface area contributed by atoms with Gasteiger partial charge in [0.1, 0.15) is 5.82 Å². The molecule has 0 atom stereocenters. The van der Waals surface area contributed by atoms with E-state index in [2.05, 4.69) is 46.0 Å². The molecule has 1 aromatic carbocycles. The van der Waals surface area contributed by atoms with Crippen LogP contribution >= 0.6 is 11.3 Å². The third-order valence-electron chi connectivity index (χ3n) is 3.30. The van der Waals surface area contributed by atoms with Crippen molar-refractivity contribution >= 4 is 27.2 Å². The first kappa shape index (κ1) is 13.1. The average molecular weight is 283 g/mol. The van der Waals surface area contributed by atoms with Crippen molar-refractivity contribution in [3.05, 3.63) is 59.1 Å². The van der Waals surface area contributed by atoms with Crippen molar-refractivity contribution in [3.63, 3.8) is 0 Å². The van der Waals surface area contributed by atoms with Gasteiger partial charge in [-0.05, 0) is 41.6 Å². The van der Waals surface area contributed by atoms with Gasteiger partial charge in [-0.3, -0.25) is 0 Å². The Morgan fingerprint density at radius 1 is 1.05 bits per heavy atom. The number of pyridine rings is 1. The van der Waals surface area contributed by atoms with E-state index < -0.39 is 0 Å². The molecular formula is C16H17N3S. The summed E-state index contributed by atoms with van der Waals surface area (Å²) in [6, 6.07) is 12.7. The molecule has 0 fully saturated rings. The van der Waals surface area contributed by atoms with Gasteiger partial charge in [-0.2, -0.15) is 0 Å². The van der Waals surface area contributed by atoms with Gasteiger partial charge in [-0.15, -0.1) is 11.3 Å². The van der Waals surface area contributed by atoms with Crippen LogP contribution in [0, 0.1) is 0 Å². The average Bonchev–Trinajstić information content (AvgIpc) is 2.96. The summed E-state index contributed by atoms with van der Waals surface area (Å²) in [6.45, 7) is 1.48. The number of thiophene rings is 1. The number of nitrogens with one attached hydrogen (secondary N) is 1. The second kappa shape index (κ2) is 6.03. The van der Waals surface area contributed by atoms with Crippen molar-refractivity contribution in [2.24, 2.45) is 5.73 Å². The fourth-order valence-electron chi connectivity index (χ4n) is 2.21. The van der Waals surface area contributed by atoms with E-state index in [9.17, 15) is 0 Å². The van der Waals surface area contributed by atoms with E-state index in [-0.39, 0.29) is 0 Å². The minimum Gasteiger partial charge on any atom is -0.365 e. The molecule has 4 heteroatoms. The lowest BCUT2D eigenvalue weighted by Crippen LogP contribution is -2.04. The summed E-state index contributed by atoms with van der Waals surface area (Å²) in [5, 5.41) is 6.70. The SMILES string of the molecule is NCCc1ccc(CNc2nccc3sccc23)cc1. The van der Waals surface area contributed by atoms with Crippen LogP contribution in [0.1, 0.15) is 11.1 Å². The molecule has 20 heavy (non-hydrogen) atoms. The van der Waals surface area contributed by atoms with Crippen LogP contribution in [-0.2, 0) is 13.0 Å². The highest BCUT2D eigenvalue weighted by atomic mass is 32.1. The van der Waals surface area contributed by atoms with Crippen LogP contribution < -0.4 is 11.1 Å². The first-order valence-corrected chi connectivity index (χ1v) is 7.59. The van der Waals surface area contributed by atoms with E-state index in [4.69, 9.17) is 5.73 Å². The van der Waals surface area contributed by atoms with Gasteiger partial charge >= 0.3 is 0 Å². The number of rotatable bonds is 5. The van der Waals surface area contributed by atoms with Crippen molar-refractivity contribution < 1.29 is 0 Å². The molecule has 0 saturated carbocycles. The van der Waals surface area contributed by atoms with E-state index in [0.29, 0.717) is 6.54 Å². The Morgan fingerprint density at radius 2 is 1.85 bits per heavy atom. The van der Waals surface area contributed by atoms with Crippen LogP contribution in [-0.4, -0.2) is 11.5 Å². The van der Waals surface area contributed by atoms with E-state index >= 15 is 0 Å². The molecule has 2 heterocycles. The number of hydrogen-bond donors (Lipinski definition) is 2. The smallest absolute Gasteiger partial charge is 0.134 e. The van der Waals surface area contributed by atoms with Gasteiger partial charge in [0.2, 0.25) is 0 Å². The van der Waals surface area contributed by atoms with Crippen LogP contribution in [0.3, 0.4) is 0 Å². The highest BCUT2D eigenvalue weighted by Gasteiger charge is 2.03. The van der Waals surface area contributed by atoms with E-state index in [1.165, 1.54) is 21.2 Å². The Balaban J connectivity index is 1.71. The van der Waals surface area contributed by atoms with Crippen LogP contribution in [0.4, 0.5) is 5.82 Å². The number of nitrogens with two attached hydrogens (primary N) is 1. The standard InChI is InChI=1S/C16H17N3S/c17-8-5-12-1-3-13(4-2-12)11-19-16-14-7-10-20-15(14)6-9-18-16/h1-4,6-7,9-10H,5,8,11,17H2,(H,18,19). The normalized spacial score (nSPS) is 10.8. The number of anilines is 1. The fraction of sp³-hybridized carbons (Fsp3) is 0.188. The lowest BCUT2D eigenvalue weighted by molar-refractivity contribution is 0.966. The molecule has 3 rings (SSSR count). The summed E-state index contributed by atoms with van der Waals surface area (Å²) in [5.41, 5.74) is 8.09. The van der Waals surface area contributed by atoms with Gasteiger partial charge in [-0.25, -0.2) is 4.98 Å². The molecule has 3 aromatic rings. The maximum Gasteiger partial charge on any atom is 0.134 e. The monoisotopic (exact) mass is 283 g/mol. The lowest BCUT2D eigenvalue weighted by atomic mass is 10.1. The predicted octanol–water partition coefficient (Wildman–Crippen LogP) is 3.41. The third kappa shape index (κ3) is 2.81. The number of nitrogens with zero attached hydrogens (tertiary/aromatic N) is 1. The Hall–Kier alpha value is -1.91. The molecule has 0 saturated heterocycles. The van der Waals surface area contributed by atoms with Gasteiger partial charge < -0.3 is 11.1 Å². The molecule has 0 bridgehead atoms. The topological polar surface area (TPSA) is 50.9 Å². The second-order valence-corrected chi connectivity index (χ2v) is 5.65. The summed E-state index contributed by atoms with van der Waals surface area (Å²) in [4.78, 5) is 4.42. The Morgan fingerprint density at radius 3 is 2.65 bits per heavy atom. The molecule has 0 amide bonds. The van der Waals surface area contributed by atoms with Gasteiger partial charge in [0.15, 0.2) is 0 Å². The maximum absolute atomic E-state index is 5.56. The zero-order valence-corrected chi connectivity index (χ0v) is 12.0. The summed E-state index contributed by atoms with van der Waals surface area (Å²) in [6.07, 6.45) is 2.79. The molecule has 3 nitrogen and oxygen atoms in total. The molecule has 2 aromatic heterocycles. The fourth-order valence-corrected chi connectivity index (χ4v) is 2.99. The summed E-state index contributed by atoms with van der Waals surface area (Å²) in [5.74, 6) is 0.954. The summed E-state index contributed by atoms with van der Waals surface area (Å²) < 4.78 is 1.26. The van der Waals surface area contributed by atoms with E-state index in [1.54, 1.807) is 11.3 Å². The molecule has 0 radical (unpaired) electrons. The van der Waals surface area contributed by atoms with Crippen LogP contribution in [0.15, 0.2) is 48.0 Å². The molecule has 0 unspecified atom stereocenters. The molecule has 0 aliphatic heterocycles. The predicted molar refractivity (Wildman–Crippen MR) is 86.1 cm³/mol. The molecule has 0 aliphatic rings. The van der Waals surface area contributed by atoms with Gasteiger partial charge in [0, 0.05) is 22.8 Å². The molecule has 102 valence electrons. The second-order valence-electron chi connectivity index (χ2n) is 4.70. The highest BCUT2D eigenvalue weighted by molar-refractivity contribution is 7.17. The molecular weight excluding hydrogens is 266 g/mol. The summed E-state index contributed by atoms with van der Waals surface area (Å²) >= 11 is 1.74. The van der Waals surface area contributed by atoms with E-state index in [1.807, 2.05) is 12.3 Å². The molecule has 3 N–H and O–H groups in total. The maximum atomic E-state index is 5.56. The molecule has 0 spiro atoms. The lowest BCUT2D eigenvalue weighted by Gasteiger charge is -2.07. The number of aromatic nitrogens is 1. The zero-order chi connectivity index (χ0) is 13.8. The number of fused-ring (bicyclic) bond motifs is 1. The number of hydrogen-bond acceptors (Lipinski definition) is 4. The summed E-state index contributed by atoms with van der Waals surface area (Å²) in [7, 11) is 0. The third-order valence-corrected chi connectivity index (χ3v) is 4.18. The van der Waals surface area contributed by atoms with Crippen LogP contribution in [0.5, 0.6) is 0 Å². The van der Waals surface area contributed by atoms with Crippen molar-refractivity contribution in [2.75, 3.05) is 11.9 Å². The van der Waals surface area contributed by atoms with Crippen molar-refractivity contribution in [1.29, 1.82) is 0 Å². The minimum atomic E-state index is 0.696. The Bertz CT molecular complexity index is 688. The first-order valence-electron chi connectivity index (χ1n) is 6.71. The van der Waals surface area contributed by atoms with Gasteiger partial charge in [0.05, 0.1) is 0 Å². The van der Waals surface area contributed by atoms with Crippen LogP contribution in [0.25, 0.3) is 10.1 Å². The Kier molecular flexibility index (Phi) is 3.95. The van der Waals surface area contributed by atoms with Crippen LogP contribution in [0.2, 0.25) is 0 Å². The quantitative estimate of drug-likeness (QED) is 0.754. The Labute approximate surface area is 122 Å². The number of benzene rings is 1. The van der Waals surface area contributed by atoms with Gasteiger partial charge in [-0.1, -0.05) is 24.3 Å². The van der Waals surface area contributed by atoms with Crippen molar-refractivity contribution in [2.45, 2.75) is 13.0 Å². The highest BCUT2D eigenvalue weighted by Crippen LogP contribution is 2.26. The molecule has 0 aliphatic carbocycles. The zero-order valence-electron chi connectivity index (χ0n) is 11.2. The van der Waals surface area contributed by atoms with Gasteiger partial charge in [0.25, 0.3) is 0 Å². The van der Waals surface area contributed by atoms with E-state index in [0.717, 1.165) is 18.8 Å². The minimum absolute atomic E-state index is 0.696. The first-order chi connectivity index (χ1) is 9.86. The van der Waals surface area contributed by atoms with Crippen molar-refractivity contribution in [3.8, 4) is 0 Å². The largest absolute Gasteiger partial charge is 0.365 e. The van der Waals surface area contributed by atoms with Crippen molar-refractivity contribution in [1.82, 2.24) is 4.98 Å².